The van der Waals surface area contributed by atoms with Crippen LogP contribution in [0.25, 0.3) is 0 Å². The molecule has 0 N–H and O–H groups in total. The van der Waals surface area contributed by atoms with Crippen molar-refractivity contribution in [3.8, 4) is 0 Å². The van der Waals surface area contributed by atoms with Gasteiger partial charge < -0.3 is 4.90 Å². The number of nitrogens with zero attached hydrogens (tertiary/aromatic N) is 1. The van der Waals surface area contributed by atoms with E-state index >= 15 is 0 Å². The molecule has 0 aromatic heterocycles. The number of likely N-dealkylation sites (N-methyl/N-ethyl adjacent to an activating group) is 1. The van der Waals surface area contributed by atoms with Gasteiger partial charge in [0.25, 0.3) is 0 Å². The first kappa shape index (κ1) is 7.39. The van der Waals surface area contributed by atoms with E-state index in [1.165, 1.54) is 12.0 Å². The van der Waals surface area contributed by atoms with Crippen molar-refractivity contribution in [3.05, 3.63) is 24.4 Å². The van der Waals surface area contributed by atoms with E-state index in [0.717, 1.165) is 25.2 Å². The second kappa shape index (κ2) is 2.91. The van der Waals surface area contributed by atoms with Crippen molar-refractivity contribution in [2.45, 2.75) is 19.8 Å². The lowest BCUT2D eigenvalue weighted by Crippen LogP contribution is -2.27. The summed E-state index contributed by atoms with van der Waals surface area (Å²) in [5.41, 5.74) is 2.36. The van der Waals surface area contributed by atoms with Crippen LogP contribution in [0.2, 0.25) is 0 Å². The molecule has 0 bridgehead atoms. The van der Waals surface area contributed by atoms with E-state index < -0.39 is 0 Å². The number of rotatable bonds is 1. The number of likely N-dealkylation sites (tertiary alicyclic amines) is 1. The second-order valence-electron chi connectivity index (χ2n) is 2.73. The van der Waals surface area contributed by atoms with Crippen molar-refractivity contribution in [2.24, 2.45) is 0 Å². The SMILES string of the molecule is C=C1CCCN(CC)C1=C. The van der Waals surface area contributed by atoms with Crippen LogP contribution in [0.15, 0.2) is 24.4 Å². The Bertz CT molecular complexity index is 158. The maximum Gasteiger partial charge on any atom is 0.0319 e. The van der Waals surface area contributed by atoms with Crippen LogP contribution < -0.4 is 0 Å². The Balaban J connectivity index is 2.60. The number of piperidine rings is 1. The third-order valence-corrected chi connectivity index (χ3v) is 2.08. The molecule has 10 heavy (non-hydrogen) atoms. The van der Waals surface area contributed by atoms with Crippen LogP contribution in [-0.4, -0.2) is 18.0 Å². The first-order chi connectivity index (χ1) is 4.75. The summed E-state index contributed by atoms with van der Waals surface area (Å²) in [6.45, 7) is 12.3. The Morgan fingerprint density at radius 2 is 2.20 bits per heavy atom. The maximum absolute atomic E-state index is 3.97. The van der Waals surface area contributed by atoms with Crippen molar-refractivity contribution in [1.29, 1.82) is 0 Å². The lowest BCUT2D eigenvalue weighted by molar-refractivity contribution is 0.338. The zero-order valence-electron chi connectivity index (χ0n) is 6.69. The maximum atomic E-state index is 3.97. The van der Waals surface area contributed by atoms with Crippen LogP contribution in [0.4, 0.5) is 0 Å². The van der Waals surface area contributed by atoms with E-state index in [2.05, 4.69) is 25.0 Å². The lowest BCUT2D eigenvalue weighted by atomic mass is 10.0. The summed E-state index contributed by atoms with van der Waals surface area (Å²) in [6, 6.07) is 0. The minimum Gasteiger partial charge on any atom is -0.372 e. The highest BCUT2D eigenvalue weighted by Gasteiger charge is 2.13. The van der Waals surface area contributed by atoms with Gasteiger partial charge in [-0.15, -0.1) is 0 Å². The minimum absolute atomic E-state index is 1.07. The quantitative estimate of drug-likeness (QED) is 0.535. The van der Waals surface area contributed by atoms with Crippen molar-refractivity contribution in [2.75, 3.05) is 13.1 Å². The molecule has 0 atom stereocenters. The van der Waals surface area contributed by atoms with Crippen LogP contribution in [0.5, 0.6) is 0 Å². The fourth-order valence-corrected chi connectivity index (χ4v) is 1.34. The molecule has 1 aliphatic heterocycles. The summed E-state index contributed by atoms with van der Waals surface area (Å²) < 4.78 is 0. The Kier molecular flexibility index (Phi) is 2.15. The molecule has 1 aliphatic rings. The van der Waals surface area contributed by atoms with Gasteiger partial charge in [-0.2, -0.15) is 0 Å². The molecule has 0 aliphatic carbocycles. The van der Waals surface area contributed by atoms with Crippen LogP contribution in [0.1, 0.15) is 19.8 Å². The third-order valence-electron chi connectivity index (χ3n) is 2.08. The second-order valence-corrected chi connectivity index (χ2v) is 2.73. The summed E-state index contributed by atoms with van der Waals surface area (Å²) in [5.74, 6) is 0. The van der Waals surface area contributed by atoms with E-state index in [9.17, 15) is 0 Å². The monoisotopic (exact) mass is 137 g/mol. The van der Waals surface area contributed by atoms with Gasteiger partial charge in [0, 0.05) is 18.8 Å². The first-order valence-corrected chi connectivity index (χ1v) is 3.87. The van der Waals surface area contributed by atoms with Gasteiger partial charge in [-0.1, -0.05) is 13.2 Å². The van der Waals surface area contributed by atoms with Gasteiger partial charge >= 0.3 is 0 Å². The summed E-state index contributed by atoms with van der Waals surface area (Å²) in [4.78, 5) is 2.28. The smallest absolute Gasteiger partial charge is 0.0319 e. The van der Waals surface area contributed by atoms with Crippen molar-refractivity contribution >= 4 is 0 Å². The molecule has 0 aromatic rings. The molecule has 1 nitrogen and oxygen atoms in total. The van der Waals surface area contributed by atoms with Crippen LogP contribution >= 0.6 is 0 Å². The Hall–Kier alpha value is -0.720. The molecule has 0 unspecified atom stereocenters. The van der Waals surface area contributed by atoms with E-state index in [-0.39, 0.29) is 0 Å². The molecule has 1 heteroatoms. The van der Waals surface area contributed by atoms with E-state index in [4.69, 9.17) is 0 Å². The lowest BCUT2D eigenvalue weighted by Gasteiger charge is -2.31. The van der Waals surface area contributed by atoms with Crippen LogP contribution in [-0.2, 0) is 0 Å². The van der Waals surface area contributed by atoms with E-state index in [0.29, 0.717) is 0 Å². The molecular weight excluding hydrogens is 122 g/mol. The number of hydrogen-bond donors (Lipinski definition) is 0. The predicted octanol–water partition coefficient (Wildman–Crippen LogP) is 2.17. The summed E-state index contributed by atoms with van der Waals surface area (Å²) >= 11 is 0. The van der Waals surface area contributed by atoms with Crippen molar-refractivity contribution in [1.82, 2.24) is 4.90 Å². The molecule has 0 spiro atoms. The summed E-state index contributed by atoms with van der Waals surface area (Å²) in [6.07, 6.45) is 2.38. The Morgan fingerprint density at radius 3 is 2.70 bits per heavy atom. The highest BCUT2D eigenvalue weighted by Crippen LogP contribution is 2.22. The molecule has 56 valence electrons. The molecular formula is C9H15N. The highest BCUT2D eigenvalue weighted by atomic mass is 15.1. The average molecular weight is 137 g/mol. The molecule has 1 rings (SSSR count). The fraction of sp³-hybridized carbons (Fsp3) is 0.556. The Morgan fingerprint density at radius 1 is 1.50 bits per heavy atom. The molecule has 0 saturated carbocycles. The van der Waals surface area contributed by atoms with Gasteiger partial charge in [0.05, 0.1) is 0 Å². The standard InChI is InChI=1S/C9H15N/c1-4-10-7-5-6-8(2)9(10)3/h2-7H2,1H3. The fourth-order valence-electron chi connectivity index (χ4n) is 1.34. The normalized spacial score (nSPS) is 19.9. The van der Waals surface area contributed by atoms with E-state index in [1.807, 2.05) is 0 Å². The van der Waals surface area contributed by atoms with Gasteiger partial charge in [0.15, 0.2) is 0 Å². The summed E-state index contributed by atoms with van der Waals surface area (Å²) in [7, 11) is 0. The third kappa shape index (κ3) is 1.23. The average Bonchev–Trinajstić information content (AvgIpc) is 1.95. The minimum atomic E-state index is 1.07. The highest BCUT2D eigenvalue weighted by molar-refractivity contribution is 5.25. The van der Waals surface area contributed by atoms with Gasteiger partial charge in [-0.3, -0.25) is 0 Å². The summed E-state index contributed by atoms with van der Waals surface area (Å²) in [5, 5.41) is 0. The number of hydrogen-bond acceptors (Lipinski definition) is 1. The topological polar surface area (TPSA) is 3.24 Å². The molecule has 1 fully saturated rings. The molecule has 0 amide bonds. The predicted molar refractivity (Wildman–Crippen MR) is 44.8 cm³/mol. The van der Waals surface area contributed by atoms with Gasteiger partial charge in [0.1, 0.15) is 0 Å². The zero-order valence-corrected chi connectivity index (χ0v) is 6.69. The van der Waals surface area contributed by atoms with Gasteiger partial charge in [0.2, 0.25) is 0 Å². The first-order valence-electron chi connectivity index (χ1n) is 3.87. The van der Waals surface area contributed by atoms with Crippen LogP contribution in [0, 0.1) is 0 Å². The number of allylic oxidation sites excluding steroid dienone is 1. The molecule has 1 heterocycles. The molecule has 1 saturated heterocycles. The molecule has 0 aromatic carbocycles. The van der Waals surface area contributed by atoms with Gasteiger partial charge in [-0.25, -0.2) is 0 Å². The zero-order chi connectivity index (χ0) is 7.56. The molecule has 0 radical (unpaired) electrons. The van der Waals surface area contributed by atoms with E-state index in [1.54, 1.807) is 0 Å². The largest absolute Gasteiger partial charge is 0.372 e. The van der Waals surface area contributed by atoms with Gasteiger partial charge in [-0.05, 0) is 25.3 Å². The van der Waals surface area contributed by atoms with Crippen LogP contribution in [0.3, 0.4) is 0 Å². The van der Waals surface area contributed by atoms with Crippen molar-refractivity contribution in [3.63, 3.8) is 0 Å². The Labute approximate surface area is 63.0 Å². The van der Waals surface area contributed by atoms with Crippen molar-refractivity contribution < 1.29 is 0 Å².